The first kappa shape index (κ1) is 20.1. The van der Waals surface area contributed by atoms with Crippen molar-refractivity contribution in [2.75, 3.05) is 6.73 Å². The van der Waals surface area contributed by atoms with Crippen molar-refractivity contribution < 1.29 is 14.3 Å². The zero-order valence-corrected chi connectivity index (χ0v) is 18.2. The van der Waals surface area contributed by atoms with Crippen molar-refractivity contribution in [3.05, 3.63) is 92.4 Å². The molecule has 1 aromatic heterocycles. The Morgan fingerprint density at radius 3 is 2.81 bits per heavy atom. The summed E-state index contributed by atoms with van der Waals surface area (Å²) in [5, 5.41) is 1.06. The Balaban J connectivity index is 1.41. The van der Waals surface area contributed by atoms with Gasteiger partial charge in [0.2, 0.25) is 5.78 Å². The summed E-state index contributed by atoms with van der Waals surface area (Å²) in [4.78, 5) is 19.2. The molecule has 156 valence electrons. The highest BCUT2D eigenvalue weighted by molar-refractivity contribution is 6.42. The zero-order valence-electron chi connectivity index (χ0n) is 16.7. The largest absolute Gasteiger partial charge is 0.477 e. The summed E-state index contributed by atoms with van der Waals surface area (Å²) in [7, 11) is 0. The quantitative estimate of drug-likeness (QED) is 0.479. The topological polar surface area (TPSA) is 51.7 Å². The van der Waals surface area contributed by atoms with Gasteiger partial charge in [0.15, 0.2) is 5.76 Å². The van der Waals surface area contributed by atoms with Gasteiger partial charge in [0.05, 0.1) is 15.6 Å². The monoisotopic (exact) mass is 452 g/mol. The molecule has 0 N–H and O–H groups in total. The van der Waals surface area contributed by atoms with Crippen LogP contribution in [0.5, 0.6) is 11.5 Å². The summed E-state index contributed by atoms with van der Waals surface area (Å²) in [6.07, 6.45) is 5.09. The molecule has 0 saturated carbocycles. The number of carbonyl (C=O) groups is 1. The number of nitrogens with zero attached hydrogens (tertiary/aromatic N) is 2. The molecule has 3 aromatic rings. The van der Waals surface area contributed by atoms with Crippen LogP contribution in [0.25, 0.3) is 6.08 Å². The maximum atomic E-state index is 13.0. The number of hydrogen-bond acceptors (Lipinski definition) is 5. The van der Waals surface area contributed by atoms with E-state index >= 15 is 0 Å². The maximum absolute atomic E-state index is 13.0. The van der Waals surface area contributed by atoms with E-state index in [9.17, 15) is 4.79 Å². The van der Waals surface area contributed by atoms with Crippen LogP contribution in [-0.2, 0) is 13.1 Å². The first-order chi connectivity index (χ1) is 15.0. The lowest BCUT2D eigenvalue weighted by atomic mass is 10.00. The second-order valence-corrected chi connectivity index (χ2v) is 8.42. The Kier molecular flexibility index (Phi) is 5.18. The molecule has 2 aromatic carbocycles. The summed E-state index contributed by atoms with van der Waals surface area (Å²) >= 11 is 12.2. The molecule has 5 rings (SSSR count). The number of pyridine rings is 1. The fourth-order valence-corrected chi connectivity index (χ4v) is 4.23. The van der Waals surface area contributed by atoms with E-state index in [0.717, 1.165) is 28.0 Å². The van der Waals surface area contributed by atoms with Crippen molar-refractivity contribution >= 4 is 35.1 Å². The van der Waals surface area contributed by atoms with E-state index in [-0.39, 0.29) is 5.78 Å². The second kappa shape index (κ2) is 8.00. The van der Waals surface area contributed by atoms with Crippen molar-refractivity contribution in [3.63, 3.8) is 0 Å². The average Bonchev–Trinajstić information content (AvgIpc) is 3.07. The van der Waals surface area contributed by atoms with Gasteiger partial charge >= 0.3 is 0 Å². The summed E-state index contributed by atoms with van der Waals surface area (Å²) in [6.45, 7) is 3.66. The maximum Gasteiger partial charge on any atom is 0.231 e. The van der Waals surface area contributed by atoms with Gasteiger partial charge in [-0.25, -0.2) is 0 Å². The Hall–Kier alpha value is -2.86. The van der Waals surface area contributed by atoms with Crippen LogP contribution in [0.1, 0.15) is 32.6 Å². The molecule has 31 heavy (non-hydrogen) atoms. The van der Waals surface area contributed by atoms with Gasteiger partial charge in [-0.15, -0.1) is 0 Å². The minimum atomic E-state index is -0.133. The fraction of sp³-hybridized carbons (Fsp3) is 0.167. The third-order valence-electron chi connectivity index (χ3n) is 5.37. The third-order valence-corrected chi connectivity index (χ3v) is 6.11. The van der Waals surface area contributed by atoms with Crippen LogP contribution in [-0.4, -0.2) is 22.4 Å². The number of aromatic nitrogens is 1. The molecule has 0 saturated heterocycles. The first-order valence-corrected chi connectivity index (χ1v) is 10.5. The van der Waals surface area contributed by atoms with Crippen LogP contribution < -0.4 is 9.47 Å². The molecule has 0 aliphatic carbocycles. The first-order valence-electron chi connectivity index (χ1n) is 9.79. The number of hydrogen-bond donors (Lipinski definition) is 0. The predicted molar refractivity (Wildman–Crippen MR) is 120 cm³/mol. The normalized spacial score (nSPS) is 16.6. The smallest absolute Gasteiger partial charge is 0.231 e. The number of carbonyl (C=O) groups excluding carboxylic acids is 1. The van der Waals surface area contributed by atoms with Crippen LogP contribution in [0.2, 0.25) is 10.0 Å². The van der Waals surface area contributed by atoms with E-state index in [1.807, 2.05) is 37.3 Å². The lowest BCUT2D eigenvalue weighted by Crippen LogP contribution is -2.32. The van der Waals surface area contributed by atoms with Crippen molar-refractivity contribution in [2.24, 2.45) is 0 Å². The lowest BCUT2D eigenvalue weighted by Gasteiger charge is -2.30. The third kappa shape index (κ3) is 3.81. The SMILES string of the molecule is Cc1c2c(cc3c1O/C(=C\c1cccnc1)C3=O)CN(Cc1ccc(Cl)c(Cl)c1)CO2. The average molecular weight is 453 g/mol. The standard InChI is InChI=1S/C24H18Cl2N2O3/c1-14-23-17(12-28(13-30-23)11-16-4-5-19(25)20(26)7-16)9-18-22(29)21(31-24(14)18)8-15-3-2-6-27-10-15/h2-10H,11-13H2,1H3/b21-8-. The number of fused-ring (bicyclic) bond motifs is 2. The zero-order chi connectivity index (χ0) is 21.5. The lowest BCUT2D eigenvalue weighted by molar-refractivity contribution is 0.0876. The highest BCUT2D eigenvalue weighted by Gasteiger charge is 2.33. The van der Waals surface area contributed by atoms with E-state index in [1.165, 1.54) is 0 Å². The number of ether oxygens (including phenoxy) is 2. The highest BCUT2D eigenvalue weighted by atomic mass is 35.5. The Bertz CT molecular complexity index is 1230. The molecule has 0 radical (unpaired) electrons. The van der Waals surface area contributed by atoms with Gasteiger partial charge in [-0.05, 0) is 48.4 Å². The van der Waals surface area contributed by atoms with Gasteiger partial charge in [-0.1, -0.05) is 35.3 Å². The molecule has 0 spiro atoms. The number of rotatable bonds is 3. The van der Waals surface area contributed by atoms with Crippen LogP contribution in [0.3, 0.4) is 0 Å². The summed E-state index contributed by atoms with van der Waals surface area (Å²) in [5.74, 6) is 1.50. The molecule has 7 heteroatoms. The summed E-state index contributed by atoms with van der Waals surface area (Å²) in [6, 6.07) is 11.2. The molecule has 0 amide bonds. The molecule has 2 aliphatic rings. The molecule has 0 bridgehead atoms. The molecular weight excluding hydrogens is 435 g/mol. The second-order valence-electron chi connectivity index (χ2n) is 7.60. The number of ketones is 1. The summed E-state index contributed by atoms with van der Waals surface area (Å²) in [5.41, 5.74) is 4.21. The van der Waals surface area contributed by atoms with Crippen molar-refractivity contribution in [1.82, 2.24) is 9.88 Å². The van der Waals surface area contributed by atoms with E-state index in [2.05, 4.69) is 9.88 Å². The fourth-order valence-electron chi connectivity index (χ4n) is 3.91. The van der Waals surface area contributed by atoms with Gasteiger partial charge < -0.3 is 9.47 Å². The Labute approximate surface area is 189 Å². The van der Waals surface area contributed by atoms with Gasteiger partial charge in [-0.3, -0.25) is 14.7 Å². The number of Topliss-reactive ketones (excluding diaryl/α,β-unsaturated/α-hetero) is 1. The van der Waals surface area contributed by atoms with Gasteiger partial charge in [0.1, 0.15) is 18.2 Å². The van der Waals surface area contributed by atoms with Crippen LogP contribution in [0.4, 0.5) is 0 Å². The van der Waals surface area contributed by atoms with Crippen LogP contribution in [0.15, 0.2) is 54.6 Å². The van der Waals surface area contributed by atoms with Crippen molar-refractivity contribution in [3.8, 4) is 11.5 Å². The van der Waals surface area contributed by atoms with Gasteiger partial charge in [0, 0.05) is 36.6 Å². The van der Waals surface area contributed by atoms with Crippen molar-refractivity contribution in [2.45, 2.75) is 20.0 Å². The highest BCUT2D eigenvalue weighted by Crippen LogP contribution is 2.43. The van der Waals surface area contributed by atoms with Gasteiger partial charge in [0.25, 0.3) is 0 Å². The van der Waals surface area contributed by atoms with E-state index < -0.39 is 0 Å². The molecule has 3 heterocycles. The molecule has 0 fully saturated rings. The predicted octanol–water partition coefficient (Wildman–Crippen LogP) is 5.67. The van der Waals surface area contributed by atoms with Crippen LogP contribution in [0, 0.1) is 6.92 Å². The molecule has 0 atom stereocenters. The molecular formula is C24H18Cl2N2O3. The minimum absolute atomic E-state index is 0.133. The van der Waals surface area contributed by atoms with Crippen LogP contribution >= 0.6 is 23.2 Å². The molecule has 5 nitrogen and oxygen atoms in total. The number of benzene rings is 2. The van der Waals surface area contributed by atoms with E-state index in [4.69, 9.17) is 32.7 Å². The Morgan fingerprint density at radius 1 is 1.16 bits per heavy atom. The van der Waals surface area contributed by atoms with Crippen molar-refractivity contribution in [1.29, 1.82) is 0 Å². The molecule has 2 aliphatic heterocycles. The number of halogens is 2. The summed E-state index contributed by atoms with van der Waals surface area (Å²) < 4.78 is 12.0. The van der Waals surface area contributed by atoms with E-state index in [0.29, 0.717) is 46.9 Å². The van der Waals surface area contributed by atoms with Gasteiger partial charge in [-0.2, -0.15) is 0 Å². The molecule has 0 unspecified atom stereocenters. The van der Waals surface area contributed by atoms with E-state index in [1.54, 1.807) is 24.5 Å². The minimum Gasteiger partial charge on any atom is -0.477 e. The Morgan fingerprint density at radius 2 is 2.03 bits per heavy atom. The number of allylic oxidation sites excluding steroid dienone is 1.